The summed E-state index contributed by atoms with van der Waals surface area (Å²) in [7, 11) is 0. The molecular weight excluding hydrogens is 350 g/mol. The molecule has 4 heteroatoms. The Hall–Kier alpha value is -3.40. The molecule has 3 aromatic rings. The second-order valence-corrected chi connectivity index (χ2v) is 7.07. The fourth-order valence-electron chi connectivity index (χ4n) is 3.69. The van der Waals surface area contributed by atoms with Crippen LogP contribution in [0.2, 0.25) is 0 Å². The van der Waals surface area contributed by atoms with Crippen molar-refractivity contribution in [3.63, 3.8) is 0 Å². The van der Waals surface area contributed by atoms with Gasteiger partial charge in [-0.1, -0.05) is 48.9 Å². The number of fused-ring (bicyclic) bond motifs is 1. The Labute approximate surface area is 164 Å². The summed E-state index contributed by atoms with van der Waals surface area (Å²) in [6.07, 6.45) is 0.752. The van der Waals surface area contributed by atoms with E-state index in [1.165, 1.54) is 4.90 Å². The average Bonchev–Trinajstić information content (AvgIpc) is 3.01. The highest BCUT2D eigenvalue weighted by Crippen LogP contribution is 2.40. The number of carbonyl (C=O) groups excluding carboxylic acids is 2. The number of ketones is 1. The first kappa shape index (κ1) is 18.0. The number of aryl methyl sites for hydroxylation is 2. The van der Waals surface area contributed by atoms with E-state index in [0.29, 0.717) is 16.8 Å². The van der Waals surface area contributed by atoms with Gasteiger partial charge in [0, 0.05) is 11.3 Å². The molecule has 0 saturated carbocycles. The standard InChI is InChI=1S/C24H21NO3/c1-3-16-10-13-21(26)20(14-16)23(27)22-18-6-4-5-7-19(18)24(28)25(22)17-11-8-15(2)9-12-17/h4-14,22,26H,3H2,1-2H3/t22-/m0/s1. The fourth-order valence-corrected chi connectivity index (χ4v) is 3.69. The average molecular weight is 371 g/mol. The van der Waals surface area contributed by atoms with E-state index in [1.54, 1.807) is 30.3 Å². The molecule has 1 aliphatic heterocycles. The number of amides is 1. The highest BCUT2D eigenvalue weighted by molar-refractivity contribution is 6.19. The molecule has 0 radical (unpaired) electrons. The summed E-state index contributed by atoms with van der Waals surface area (Å²) in [4.78, 5) is 28.2. The van der Waals surface area contributed by atoms with E-state index < -0.39 is 6.04 Å². The number of anilines is 1. The largest absolute Gasteiger partial charge is 0.507 e. The molecule has 140 valence electrons. The number of Topliss-reactive ketones (excluding diaryl/α,β-unsaturated/α-hetero) is 1. The Morgan fingerprint density at radius 3 is 2.46 bits per heavy atom. The van der Waals surface area contributed by atoms with Crippen molar-refractivity contribution in [1.29, 1.82) is 0 Å². The monoisotopic (exact) mass is 371 g/mol. The summed E-state index contributed by atoms with van der Waals surface area (Å²) in [6.45, 7) is 3.97. The molecule has 0 spiro atoms. The number of carbonyl (C=O) groups is 2. The number of nitrogens with zero attached hydrogens (tertiary/aromatic N) is 1. The normalized spacial score (nSPS) is 15.6. The molecule has 1 N–H and O–H groups in total. The topological polar surface area (TPSA) is 57.6 Å². The minimum atomic E-state index is -0.801. The van der Waals surface area contributed by atoms with E-state index in [1.807, 2.05) is 50.2 Å². The minimum Gasteiger partial charge on any atom is -0.507 e. The number of aromatic hydroxyl groups is 1. The first-order valence-corrected chi connectivity index (χ1v) is 9.36. The van der Waals surface area contributed by atoms with Gasteiger partial charge in [-0.05, 0) is 54.8 Å². The molecule has 1 amide bonds. The highest BCUT2D eigenvalue weighted by Gasteiger charge is 2.42. The predicted octanol–water partition coefficient (Wildman–Crippen LogP) is 4.85. The molecule has 1 aliphatic rings. The van der Waals surface area contributed by atoms with Crippen LogP contribution in [0.5, 0.6) is 5.75 Å². The third-order valence-corrected chi connectivity index (χ3v) is 5.26. The molecule has 0 bridgehead atoms. The lowest BCUT2D eigenvalue weighted by Gasteiger charge is -2.25. The van der Waals surface area contributed by atoms with Crippen LogP contribution in [-0.2, 0) is 6.42 Å². The van der Waals surface area contributed by atoms with E-state index in [-0.39, 0.29) is 23.0 Å². The molecule has 1 heterocycles. The Morgan fingerprint density at radius 1 is 1.04 bits per heavy atom. The van der Waals surface area contributed by atoms with E-state index in [9.17, 15) is 14.7 Å². The maximum atomic E-state index is 13.5. The fraction of sp³-hybridized carbons (Fsp3) is 0.167. The molecule has 3 aromatic carbocycles. The van der Waals surface area contributed by atoms with Crippen LogP contribution in [0.25, 0.3) is 0 Å². The summed E-state index contributed by atoms with van der Waals surface area (Å²) in [6, 6.07) is 19.0. The summed E-state index contributed by atoms with van der Waals surface area (Å²) in [5, 5.41) is 10.3. The number of rotatable bonds is 4. The predicted molar refractivity (Wildman–Crippen MR) is 109 cm³/mol. The molecule has 0 aromatic heterocycles. The van der Waals surface area contributed by atoms with Gasteiger partial charge in [-0.3, -0.25) is 14.5 Å². The van der Waals surface area contributed by atoms with E-state index in [2.05, 4.69) is 0 Å². The number of hydrogen-bond acceptors (Lipinski definition) is 3. The van der Waals surface area contributed by atoms with Gasteiger partial charge in [0.1, 0.15) is 11.8 Å². The summed E-state index contributed by atoms with van der Waals surface area (Å²) in [5.74, 6) is -0.557. The van der Waals surface area contributed by atoms with Crippen LogP contribution in [0, 0.1) is 6.92 Å². The van der Waals surface area contributed by atoms with Crippen LogP contribution >= 0.6 is 0 Å². The Bertz CT molecular complexity index is 1070. The lowest BCUT2D eigenvalue weighted by atomic mass is 9.94. The first-order valence-electron chi connectivity index (χ1n) is 9.36. The second-order valence-electron chi connectivity index (χ2n) is 7.07. The van der Waals surface area contributed by atoms with Crippen molar-refractivity contribution < 1.29 is 14.7 Å². The number of phenols is 1. The molecule has 28 heavy (non-hydrogen) atoms. The lowest BCUT2D eigenvalue weighted by Crippen LogP contribution is -2.32. The Morgan fingerprint density at radius 2 is 1.75 bits per heavy atom. The van der Waals surface area contributed by atoms with Gasteiger partial charge >= 0.3 is 0 Å². The molecule has 0 fully saturated rings. The van der Waals surface area contributed by atoms with Crippen molar-refractivity contribution in [2.75, 3.05) is 4.90 Å². The molecule has 0 saturated heterocycles. The number of hydrogen-bond donors (Lipinski definition) is 1. The smallest absolute Gasteiger partial charge is 0.259 e. The second kappa shape index (κ2) is 6.97. The summed E-state index contributed by atoms with van der Waals surface area (Å²) >= 11 is 0. The summed E-state index contributed by atoms with van der Waals surface area (Å²) < 4.78 is 0. The van der Waals surface area contributed by atoms with Crippen molar-refractivity contribution in [3.05, 3.63) is 94.5 Å². The van der Waals surface area contributed by atoms with Gasteiger partial charge in [0.15, 0.2) is 5.78 Å². The van der Waals surface area contributed by atoms with E-state index in [0.717, 1.165) is 17.5 Å². The minimum absolute atomic E-state index is 0.0668. The van der Waals surface area contributed by atoms with Gasteiger partial charge in [-0.15, -0.1) is 0 Å². The molecule has 0 aliphatic carbocycles. The molecule has 4 rings (SSSR count). The van der Waals surface area contributed by atoms with Crippen molar-refractivity contribution in [2.24, 2.45) is 0 Å². The van der Waals surface area contributed by atoms with Gasteiger partial charge in [0.2, 0.25) is 0 Å². The Kier molecular flexibility index (Phi) is 4.47. The molecule has 4 nitrogen and oxygen atoms in total. The maximum Gasteiger partial charge on any atom is 0.259 e. The zero-order valence-corrected chi connectivity index (χ0v) is 15.8. The number of phenolic OH excluding ortho intramolecular Hbond substituents is 1. The maximum absolute atomic E-state index is 13.5. The van der Waals surface area contributed by atoms with Crippen molar-refractivity contribution in [1.82, 2.24) is 0 Å². The summed E-state index contributed by atoms with van der Waals surface area (Å²) in [5.41, 5.74) is 4.12. The van der Waals surface area contributed by atoms with Crippen LogP contribution in [0.1, 0.15) is 50.4 Å². The lowest BCUT2D eigenvalue weighted by molar-refractivity contribution is 0.0914. The zero-order valence-electron chi connectivity index (χ0n) is 15.8. The van der Waals surface area contributed by atoms with Crippen molar-refractivity contribution >= 4 is 17.4 Å². The van der Waals surface area contributed by atoms with Crippen LogP contribution in [-0.4, -0.2) is 16.8 Å². The molecule has 1 atom stereocenters. The van der Waals surface area contributed by atoms with E-state index >= 15 is 0 Å². The van der Waals surface area contributed by atoms with Gasteiger partial charge in [-0.25, -0.2) is 0 Å². The third kappa shape index (κ3) is 2.87. The third-order valence-electron chi connectivity index (χ3n) is 5.26. The SMILES string of the molecule is CCc1ccc(O)c(C(=O)[C@@H]2c3ccccc3C(=O)N2c2ccc(C)cc2)c1. The molecular formula is C24H21NO3. The quantitative estimate of drug-likeness (QED) is 0.667. The molecule has 0 unspecified atom stereocenters. The van der Waals surface area contributed by atoms with Gasteiger partial charge in [0.25, 0.3) is 5.91 Å². The number of benzene rings is 3. The van der Waals surface area contributed by atoms with Crippen LogP contribution in [0.15, 0.2) is 66.7 Å². The van der Waals surface area contributed by atoms with E-state index in [4.69, 9.17) is 0 Å². The van der Waals surface area contributed by atoms with Gasteiger partial charge in [-0.2, -0.15) is 0 Å². The van der Waals surface area contributed by atoms with Crippen LogP contribution in [0.4, 0.5) is 5.69 Å². The van der Waals surface area contributed by atoms with Gasteiger partial charge in [0.05, 0.1) is 5.56 Å². The van der Waals surface area contributed by atoms with Gasteiger partial charge < -0.3 is 5.11 Å². The zero-order chi connectivity index (χ0) is 19.8. The highest BCUT2D eigenvalue weighted by atomic mass is 16.3. The Balaban J connectivity index is 1.87. The van der Waals surface area contributed by atoms with Crippen molar-refractivity contribution in [2.45, 2.75) is 26.3 Å². The van der Waals surface area contributed by atoms with Crippen molar-refractivity contribution in [3.8, 4) is 5.75 Å². The van der Waals surface area contributed by atoms with Crippen LogP contribution < -0.4 is 4.90 Å². The first-order chi connectivity index (χ1) is 13.5. The van der Waals surface area contributed by atoms with Crippen LogP contribution in [0.3, 0.4) is 0 Å².